The number of ether oxygens (including phenoxy) is 1. The molecule has 0 aromatic heterocycles. The number of hydrogen-bond acceptors (Lipinski definition) is 2. The standard InChI is InChI=1S/C15H24O2/c1-3-4-13(16)17-15-8-11-5-12(9-15)7-14(2,6-11)10-15/h11-12H,3-10H2,1-2H3. The van der Waals surface area contributed by atoms with Gasteiger partial charge in [0.1, 0.15) is 5.60 Å². The highest BCUT2D eigenvalue weighted by atomic mass is 16.6. The molecule has 96 valence electrons. The summed E-state index contributed by atoms with van der Waals surface area (Å²) in [6.07, 6.45) is 9.05. The number of carbonyl (C=O) groups is 1. The predicted octanol–water partition coefficient (Wildman–Crippen LogP) is 3.69. The van der Waals surface area contributed by atoms with Crippen molar-refractivity contribution in [2.75, 3.05) is 0 Å². The van der Waals surface area contributed by atoms with E-state index in [-0.39, 0.29) is 11.6 Å². The zero-order chi connectivity index (χ0) is 12.1. The number of hydrogen-bond donors (Lipinski definition) is 0. The summed E-state index contributed by atoms with van der Waals surface area (Å²) in [5, 5.41) is 0. The van der Waals surface area contributed by atoms with Gasteiger partial charge in [0.15, 0.2) is 0 Å². The van der Waals surface area contributed by atoms with Crippen LogP contribution in [0.15, 0.2) is 0 Å². The predicted molar refractivity (Wildman–Crippen MR) is 66.5 cm³/mol. The Labute approximate surface area is 104 Å². The summed E-state index contributed by atoms with van der Waals surface area (Å²) in [6.45, 7) is 4.45. The first-order valence-corrected chi connectivity index (χ1v) is 7.24. The van der Waals surface area contributed by atoms with Gasteiger partial charge in [0.05, 0.1) is 0 Å². The summed E-state index contributed by atoms with van der Waals surface area (Å²) in [5.74, 6) is 1.70. The molecular weight excluding hydrogens is 212 g/mol. The first-order chi connectivity index (χ1) is 8.03. The molecule has 0 aromatic carbocycles. The molecular formula is C15H24O2. The van der Waals surface area contributed by atoms with Crippen molar-refractivity contribution in [1.29, 1.82) is 0 Å². The topological polar surface area (TPSA) is 26.3 Å². The smallest absolute Gasteiger partial charge is 0.306 e. The lowest BCUT2D eigenvalue weighted by atomic mass is 9.48. The molecule has 2 nitrogen and oxygen atoms in total. The largest absolute Gasteiger partial charge is 0.459 e. The molecule has 0 aromatic rings. The van der Waals surface area contributed by atoms with Crippen LogP contribution in [-0.4, -0.2) is 11.6 Å². The van der Waals surface area contributed by atoms with Gasteiger partial charge in [-0.15, -0.1) is 0 Å². The maximum atomic E-state index is 11.8. The van der Waals surface area contributed by atoms with Crippen LogP contribution in [0.1, 0.15) is 65.2 Å². The minimum absolute atomic E-state index is 0.0399. The monoisotopic (exact) mass is 236 g/mol. The van der Waals surface area contributed by atoms with Crippen molar-refractivity contribution >= 4 is 5.97 Å². The molecule has 2 atom stereocenters. The average molecular weight is 236 g/mol. The van der Waals surface area contributed by atoms with Gasteiger partial charge in [-0.25, -0.2) is 0 Å². The number of esters is 1. The highest BCUT2D eigenvalue weighted by Crippen LogP contribution is 2.62. The van der Waals surface area contributed by atoms with Gasteiger partial charge in [-0.2, -0.15) is 0 Å². The summed E-state index contributed by atoms with van der Waals surface area (Å²) < 4.78 is 5.92. The van der Waals surface area contributed by atoms with E-state index in [1.807, 2.05) is 6.92 Å². The second-order valence-electron chi connectivity index (χ2n) is 7.18. The van der Waals surface area contributed by atoms with Crippen LogP contribution in [0.2, 0.25) is 0 Å². The van der Waals surface area contributed by atoms with E-state index in [0.717, 1.165) is 37.5 Å². The first kappa shape index (κ1) is 11.6. The van der Waals surface area contributed by atoms with Crippen molar-refractivity contribution in [3.63, 3.8) is 0 Å². The molecule has 0 heterocycles. The number of rotatable bonds is 3. The molecule has 2 unspecified atom stereocenters. The first-order valence-electron chi connectivity index (χ1n) is 7.24. The van der Waals surface area contributed by atoms with Gasteiger partial charge in [0.25, 0.3) is 0 Å². The van der Waals surface area contributed by atoms with E-state index in [0.29, 0.717) is 11.8 Å². The van der Waals surface area contributed by atoms with Gasteiger partial charge in [0, 0.05) is 6.42 Å². The van der Waals surface area contributed by atoms with Crippen LogP contribution in [0.5, 0.6) is 0 Å². The van der Waals surface area contributed by atoms with Crippen LogP contribution in [-0.2, 0) is 9.53 Å². The van der Waals surface area contributed by atoms with Gasteiger partial charge >= 0.3 is 5.97 Å². The average Bonchev–Trinajstić information content (AvgIpc) is 2.11. The third-order valence-electron chi connectivity index (χ3n) is 5.08. The Bertz CT molecular complexity index is 320. The quantitative estimate of drug-likeness (QED) is 0.699. The molecule has 17 heavy (non-hydrogen) atoms. The van der Waals surface area contributed by atoms with Gasteiger partial charge in [-0.1, -0.05) is 13.8 Å². The van der Waals surface area contributed by atoms with Gasteiger partial charge in [0.2, 0.25) is 0 Å². The van der Waals surface area contributed by atoms with Gasteiger partial charge in [-0.05, 0) is 62.2 Å². The summed E-state index contributed by atoms with van der Waals surface area (Å²) in [7, 11) is 0. The fourth-order valence-corrected chi connectivity index (χ4v) is 5.24. The Morgan fingerprint density at radius 2 is 1.88 bits per heavy atom. The minimum Gasteiger partial charge on any atom is -0.459 e. The van der Waals surface area contributed by atoms with Crippen molar-refractivity contribution in [2.24, 2.45) is 17.3 Å². The third kappa shape index (κ3) is 2.00. The fourth-order valence-electron chi connectivity index (χ4n) is 5.24. The maximum Gasteiger partial charge on any atom is 0.306 e. The highest BCUT2D eigenvalue weighted by molar-refractivity contribution is 5.69. The second kappa shape index (κ2) is 3.73. The van der Waals surface area contributed by atoms with Crippen molar-refractivity contribution in [1.82, 2.24) is 0 Å². The Hall–Kier alpha value is -0.530. The fraction of sp³-hybridized carbons (Fsp3) is 0.933. The third-order valence-corrected chi connectivity index (χ3v) is 5.08. The van der Waals surface area contributed by atoms with Crippen LogP contribution >= 0.6 is 0 Å². The molecule has 0 N–H and O–H groups in total. The zero-order valence-electron chi connectivity index (χ0n) is 11.1. The van der Waals surface area contributed by atoms with Gasteiger partial charge in [-0.3, -0.25) is 4.79 Å². The maximum absolute atomic E-state index is 11.8. The molecule has 0 saturated heterocycles. The van der Waals surface area contributed by atoms with E-state index in [9.17, 15) is 4.79 Å². The summed E-state index contributed by atoms with van der Waals surface area (Å²) in [5.41, 5.74) is 0.404. The summed E-state index contributed by atoms with van der Waals surface area (Å²) in [6, 6.07) is 0. The molecule has 0 radical (unpaired) electrons. The zero-order valence-corrected chi connectivity index (χ0v) is 11.1. The molecule has 4 aliphatic rings. The molecule has 4 saturated carbocycles. The van der Waals surface area contributed by atoms with Crippen molar-refractivity contribution in [3.8, 4) is 0 Å². The molecule has 4 fully saturated rings. The van der Waals surface area contributed by atoms with Crippen LogP contribution in [0.25, 0.3) is 0 Å². The van der Waals surface area contributed by atoms with Crippen molar-refractivity contribution in [3.05, 3.63) is 0 Å². The molecule has 0 spiro atoms. The van der Waals surface area contributed by atoms with Crippen molar-refractivity contribution in [2.45, 2.75) is 70.8 Å². The number of carbonyl (C=O) groups excluding carboxylic acids is 1. The van der Waals surface area contributed by atoms with E-state index in [1.54, 1.807) is 0 Å². The molecule has 0 aliphatic heterocycles. The van der Waals surface area contributed by atoms with E-state index in [2.05, 4.69) is 6.92 Å². The van der Waals surface area contributed by atoms with Crippen LogP contribution in [0, 0.1) is 17.3 Å². The van der Waals surface area contributed by atoms with Gasteiger partial charge < -0.3 is 4.74 Å². The van der Waals surface area contributed by atoms with E-state index < -0.39 is 0 Å². The Balaban J connectivity index is 1.76. The Morgan fingerprint density at radius 1 is 1.24 bits per heavy atom. The molecule has 4 rings (SSSR count). The minimum atomic E-state index is -0.0644. The van der Waals surface area contributed by atoms with Crippen LogP contribution in [0.4, 0.5) is 0 Å². The van der Waals surface area contributed by atoms with E-state index in [4.69, 9.17) is 4.74 Å². The SMILES string of the molecule is CCCC(=O)OC12CC3CC(CC(C)(C3)C1)C2. The van der Waals surface area contributed by atoms with E-state index >= 15 is 0 Å². The van der Waals surface area contributed by atoms with Crippen LogP contribution in [0.3, 0.4) is 0 Å². The Morgan fingerprint density at radius 3 is 2.41 bits per heavy atom. The lowest BCUT2D eigenvalue weighted by molar-refractivity contribution is -0.199. The lowest BCUT2D eigenvalue weighted by Gasteiger charge is -2.60. The normalized spacial score (nSPS) is 47.2. The lowest BCUT2D eigenvalue weighted by Crippen LogP contribution is -2.56. The van der Waals surface area contributed by atoms with E-state index in [1.165, 1.54) is 19.3 Å². The Kier molecular flexibility index (Phi) is 2.53. The molecule has 2 heteroatoms. The van der Waals surface area contributed by atoms with Crippen LogP contribution < -0.4 is 0 Å². The highest BCUT2D eigenvalue weighted by Gasteiger charge is 2.57. The molecule has 4 aliphatic carbocycles. The summed E-state index contributed by atoms with van der Waals surface area (Å²) >= 11 is 0. The molecule has 0 amide bonds. The molecule has 4 bridgehead atoms. The second-order valence-corrected chi connectivity index (χ2v) is 7.18. The van der Waals surface area contributed by atoms with Crippen molar-refractivity contribution < 1.29 is 9.53 Å². The summed E-state index contributed by atoms with van der Waals surface area (Å²) in [4.78, 5) is 11.8.